The number of methoxy groups -OCH3 is 1. The molecule has 6 heteroatoms. The molecule has 0 bridgehead atoms. The average Bonchev–Trinajstić information content (AvgIpc) is 2.53. The van der Waals surface area contributed by atoms with Gasteiger partial charge in [-0.25, -0.2) is 4.79 Å². The summed E-state index contributed by atoms with van der Waals surface area (Å²) in [4.78, 5) is 13.8. The van der Waals surface area contributed by atoms with Gasteiger partial charge in [0.25, 0.3) is 0 Å². The van der Waals surface area contributed by atoms with Crippen molar-refractivity contribution in [2.24, 2.45) is 0 Å². The van der Waals surface area contributed by atoms with Gasteiger partial charge in [-0.2, -0.15) is 5.10 Å². The summed E-state index contributed by atoms with van der Waals surface area (Å²) in [5, 5.41) is 10.2. The molecule has 1 unspecified atom stereocenters. The highest BCUT2D eigenvalue weighted by atomic mass is 16.5. The zero-order valence-electron chi connectivity index (χ0n) is 11.2. The molecule has 1 atom stereocenters. The monoisotopic (exact) mass is 273 g/mol. The molecule has 1 aromatic carbocycles. The second-order valence-corrected chi connectivity index (χ2v) is 4.56. The molecule has 1 saturated heterocycles. The highest BCUT2D eigenvalue weighted by molar-refractivity contribution is 5.93. The normalized spacial score (nSPS) is 19.1. The molecule has 2 heterocycles. The number of anilines is 1. The minimum Gasteiger partial charge on any atom is -0.467 e. The maximum atomic E-state index is 11.9. The molecular weight excluding hydrogens is 258 g/mol. The van der Waals surface area contributed by atoms with Gasteiger partial charge in [-0.1, -0.05) is 24.3 Å². The molecule has 1 aromatic heterocycles. The number of benzene rings is 1. The van der Waals surface area contributed by atoms with E-state index >= 15 is 0 Å². The maximum absolute atomic E-state index is 11.9. The smallest absolute Gasteiger partial charge is 0.330 e. The Kier molecular flexibility index (Phi) is 3.47. The first kappa shape index (κ1) is 12.8. The number of aromatic nitrogens is 2. The van der Waals surface area contributed by atoms with Crippen LogP contribution in [0.3, 0.4) is 0 Å². The number of nitrogens with zero attached hydrogens (tertiary/aromatic N) is 3. The SMILES string of the molecule is COC(=O)C1COCCN1c1nncc2ccccc12. The van der Waals surface area contributed by atoms with Crippen molar-refractivity contribution in [2.45, 2.75) is 6.04 Å². The summed E-state index contributed by atoms with van der Waals surface area (Å²) in [6.07, 6.45) is 1.71. The Balaban J connectivity index is 2.06. The van der Waals surface area contributed by atoms with Gasteiger partial charge in [0.1, 0.15) is 0 Å². The quantitative estimate of drug-likeness (QED) is 0.761. The van der Waals surface area contributed by atoms with E-state index in [1.165, 1.54) is 7.11 Å². The topological polar surface area (TPSA) is 64.6 Å². The molecule has 0 spiro atoms. The van der Waals surface area contributed by atoms with E-state index in [2.05, 4.69) is 10.2 Å². The van der Waals surface area contributed by atoms with Crippen LogP contribution < -0.4 is 4.90 Å². The Morgan fingerprint density at radius 1 is 1.45 bits per heavy atom. The largest absolute Gasteiger partial charge is 0.467 e. The fraction of sp³-hybridized carbons (Fsp3) is 0.357. The van der Waals surface area contributed by atoms with Crippen molar-refractivity contribution in [1.29, 1.82) is 0 Å². The van der Waals surface area contributed by atoms with Crippen LogP contribution in [0.2, 0.25) is 0 Å². The molecule has 3 rings (SSSR count). The molecule has 0 amide bonds. The number of rotatable bonds is 2. The third-order valence-corrected chi connectivity index (χ3v) is 3.42. The summed E-state index contributed by atoms with van der Waals surface area (Å²) in [5.74, 6) is 0.376. The Morgan fingerprint density at radius 3 is 3.15 bits per heavy atom. The first-order valence-corrected chi connectivity index (χ1v) is 6.44. The van der Waals surface area contributed by atoms with Gasteiger partial charge in [0.15, 0.2) is 11.9 Å². The second kappa shape index (κ2) is 5.42. The molecule has 104 valence electrons. The van der Waals surface area contributed by atoms with Crippen molar-refractivity contribution < 1.29 is 14.3 Å². The first-order chi connectivity index (χ1) is 9.81. The van der Waals surface area contributed by atoms with Crippen LogP contribution in [0.25, 0.3) is 10.8 Å². The number of morpholine rings is 1. The van der Waals surface area contributed by atoms with Crippen molar-refractivity contribution in [3.63, 3.8) is 0 Å². The van der Waals surface area contributed by atoms with Gasteiger partial charge in [-0.3, -0.25) is 0 Å². The predicted octanol–water partition coefficient (Wildman–Crippen LogP) is 1.01. The van der Waals surface area contributed by atoms with E-state index in [1.807, 2.05) is 29.2 Å². The molecule has 1 fully saturated rings. The first-order valence-electron chi connectivity index (χ1n) is 6.44. The van der Waals surface area contributed by atoms with Crippen molar-refractivity contribution in [1.82, 2.24) is 10.2 Å². The predicted molar refractivity (Wildman–Crippen MR) is 73.5 cm³/mol. The van der Waals surface area contributed by atoms with Gasteiger partial charge in [0, 0.05) is 17.3 Å². The Labute approximate surface area is 116 Å². The van der Waals surface area contributed by atoms with Crippen molar-refractivity contribution >= 4 is 22.6 Å². The number of esters is 1. The van der Waals surface area contributed by atoms with E-state index in [4.69, 9.17) is 9.47 Å². The number of fused-ring (bicyclic) bond motifs is 1. The van der Waals surface area contributed by atoms with Crippen LogP contribution >= 0.6 is 0 Å². The molecule has 20 heavy (non-hydrogen) atoms. The second-order valence-electron chi connectivity index (χ2n) is 4.56. The molecule has 1 aliphatic rings. The third-order valence-electron chi connectivity index (χ3n) is 3.42. The minimum absolute atomic E-state index is 0.303. The fourth-order valence-corrected chi connectivity index (χ4v) is 2.41. The molecular formula is C14H15N3O3. The van der Waals surface area contributed by atoms with Crippen LogP contribution in [-0.2, 0) is 14.3 Å². The van der Waals surface area contributed by atoms with E-state index in [1.54, 1.807) is 6.20 Å². The summed E-state index contributed by atoms with van der Waals surface area (Å²) >= 11 is 0. The Morgan fingerprint density at radius 2 is 2.30 bits per heavy atom. The van der Waals surface area contributed by atoms with Crippen molar-refractivity contribution in [3.05, 3.63) is 30.5 Å². The van der Waals surface area contributed by atoms with Crippen molar-refractivity contribution in [2.75, 3.05) is 31.8 Å². The summed E-state index contributed by atoms with van der Waals surface area (Å²) in [6.45, 7) is 1.44. The van der Waals surface area contributed by atoms with Gasteiger partial charge in [0.05, 0.1) is 26.5 Å². The highest BCUT2D eigenvalue weighted by Crippen LogP contribution is 2.26. The molecule has 6 nitrogen and oxygen atoms in total. The Hall–Kier alpha value is -2.21. The van der Waals surface area contributed by atoms with Gasteiger partial charge in [-0.15, -0.1) is 5.10 Å². The van der Waals surface area contributed by atoms with Gasteiger partial charge in [0.2, 0.25) is 0 Å². The van der Waals surface area contributed by atoms with Gasteiger partial charge < -0.3 is 14.4 Å². The zero-order chi connectivity index (χ0) is 13.9. The Bertz CT molecular complexity index is 627. The lowest BCUT2D eigenvalue weighted by Gasteiger charge is -2.34. The molecule has 0 N–H and O–H groups in total. The minimum atomic E-state index is -0.478. The summed E-state index contributed by atoms with van der Waals surface area (Å²) in [6, 6.07) is 7.37. The maximum Gasteiger partial charge on any atom is 0.330 e. The van der Waals surface area contributed by atoms with E-state index < -0.39 is 6.04 Å². The van der Waals surface area contributed by atoms with E-state index in [9.17, 15) is 4.79 Å². The summed E-state index contributed by atoms with van der Waals surface area (Å²) in [7, 11) is 1.38. The number of carbonyl (C=O) groups is 1. The summed E-state index contributed by atoms with van der Waals surface area (Å²) in [5.41, 5.74) is 0. The summed E-state index contributed by atoms with van der Waals surface area (Å²) < 4.78 is 10.2. The molecule has 0 saturated carbocycles. The average molecular weight is 273 g/mol. The van der Waals surface area contributed by atoms with Crippen LogP contribution in [0.15, 0.2) is 30.5 Å². The lowest BCUT2D eigenvalue weighted by Crippen LogP contribution is -2.51. The lowest BCUT2D eigenvalue weighted by molar-refractivity contribution is -0.144. The molecule has 1 aliphatic heterocycles. The fourth-order valence-electron chi connectivity index (χ4n) is 2.41. The third kappa shape index (κ3) is 2.18. The van der Waals surface area contributed by atoms with Gasteiger partial charge in [-0.05, 0) is 0 Å². The van der Waals surface area contributed by atoms with E-state index in [-0.39, 0.29) is 5.97 Å². The van der Waals surface area contributed by atoms with Crippen LogP contribution in [0.5, 0.6) is 0 Å². The molecule has 2 aromatic rings. The number of hydrogen-bond donors (Lipinski definition) is 0. The van der Waals surface area contributed by atoms with Crippen molar-refractivity contribution in [3.8, 4) is 0 Å². The molecule has 0 radical (unpaired) electrons. The van der Waals surface area contributed by atoms with Crippen LogP contribution in [-0.4, -0.2) is 49.1 Å². The van der Waals surface area contributed by atoms with Crippen LogP contribution in [0.4, 0.5) is 5.82 Å². The van der Waals surface area contributed by atoms with Crippen LogP contribution in [0, 0.1) is 0 Å². The number of hydrogen-bond acceptors (Lipinski definition) is 6. The number of carbonyl (C=O) groups excluding carboxylic acids is 1. The van der Waals surface area contributed by atoms with E-state index in [0.717, 1.165) is 10.8 Å². The highest BCUT2D eigenvalue weighted by Gasteiger charge is 2.32. The lowest BCUT2D eigenvalue weighted by atomic mass is 10.1. The standard InChI is InChI=1S/C14H15N3O3/c1-19-14(18)12-9-20-7-6-17(12)13-11-5-3-2-4-10(11)8-15-16-13/h2-5,8,12H,6-7,9H2,1H3. The zero-order valence-corrected chi connectivity index (χ0v) is 11.2. The van der Waals surface area contributed by atoms with E-state index in [0.29, 0.717) is 25.6 Å². The molecule has 0 aliphatic carbocycles. The van der Waals surface area contributed by atoms with Crippen LogP contribution in [0.1, 0.15) is 0 Å². The van der Waals surface area contributed by atoms with Gasteiger partial charge >= 0.3 is 5.97 Å². The number of ether oxygens (including phenoxy) is 2.